The van der Waals surface area contributed by atoms with Crippen LogP contribution in [0.25, 0.3) is 40.4 Å². The van der Waals surface area contributed by atoms with Gasteiger partial charge in [-0.25, -0.2) is 9.97 Å². The van der Waals surface area contributed by atoms with Crippen molar-refractivity contribution in [2.75, 3.05) is 5.73 Å². The van der Waals surface area contributed by atoms with Gasteiger partial charge in [-0.2, -0.15) is 0 Å². The number of rotatable bonds is 4. The van der Waals surface area contributed by atoms with Gasteiger partial charge in [0.1, 0.15) is 0 Å². The second-order valence-corrected chi connectivity index (χ2v) is 5.56. The Morgan fingerprint density at radius 2 is 1.65 bits per heavy atom. The van der Waals surface area contributed by atoms with Crippen LogP contribution in [0.2, 0.25) is 0 Å². The number of nitrogens with two attached hydrogens (primary N) is 1. The van der Waals surface area contributed by atoms with Gasteiger partial charge in [0.25, 0.3) is 5.89 Å². The maximum atomic E-state index is 6.00. The zero-order chi connectivity index (χ0) is 17.9. The number of nitrogen functional groups attached to an aromatic ring is 1. The quantitative estimate of drug-likeness (QED) is 0.601. The van der Waals surface area contributed by atoms with Gasteiger partial charge in [0, 0.05) is 11.1 Å². The van der Waals surface area contributed by atoms with Crippen LogP contribution in [0.1, 0.15) is 5.56 Å². The molecule has 126 valence electrons. The van der Waals surface area contributed by atoms with E-state index in [1.807, 2.05) is 54.6 Å². The Morgan fingerprint density at radius 1 is 0.923 bits per heavy atom. The van der Waals surface area contributed by atoms with Crippen molar-refractivity contribution < 1.29 is 4.42 Å². The summed E-state index contributed by atoms with van der Waals surface area (Å²) < 4.78 is 5.76. The van der Waals surface area contributed by atoms with Crippen LogP contribution in [0.15, 0.2) is 71.8 Å². The topological polar surface area (TPSA) is 90.7 Å². The van der Waals surface area contributed by atoms with Crippen LogP contribution in [0.5, 0.6) is 0 Å². The fraction of sp³-hybridized carbons (Fsp3) is 0. The summed E-state index contributed by atoms with van der Waals surface area (Å²) in [5.41, 5.74) is 9.69. The lowest BCUT2D eigenvalue weighted by molar-refractivity contribution is 0.582. The van der Waals surface area contributed by atoms with Gasteiger partial charge < -0.3 is 10.2 Å². The first-order valence-electron chi connectivity index (χ1n) is 8.00. The van der Waals surface area contributed by atoms with Gasteiger partial charge in [-0.15, -0.1) is 10.2 Å². The zero-order valence-corrected chi connectivity index (χ0v) is 13.8. The number of benzene rings is 2. The number of anilines is 1. The van der Waals surface area contributed by atoms with Gasteiger partial charge in [0.15, 0.2) is 11.5 Å². The number of hydrogen-bond acceptors (Lipinski definition) is 6. The van der Waals surface area contributed by atoms with Crippen molar-refractivity contribution in [1.29, 1.82) is 0 Å². The summed E-state index contributed by atoms with van der Waals surface area (Å²) in [6.45, 7) is 3.84. The molecule has 0 fully saturated rings. The molecule has 0 saturated heterocycles. The SMILES string of the molecule is C=Cc1ccccc1-c1cnc(N)c(-c2nnc(-c3ccccc3)o2)n1. The van der Waals surface area contributed by atoms with E-state index < -0.39 is 0 Å². The molecule has 2 heterocycles. The molecular weight excluding hydrogens is 326 g/mol. The highest BCUT2D eigenvalue weighted by atomic mass is 16.4. The summed E-state index contributed by atoms with van der Waals surface area (Å²) in [5, 5.41) is 8.17. The smallest absolute Gasteiger partial charge is 0.270 e. The lowest BCUT2D eigenvalue weighted by Gasteiger charge is -2.07. The van der Waals surface area contributed by atoms with Crippen molar-refractivity contribution in [3.05, 3.63) is 72.9 Å². The van der Waals surface area contributed by atoms with Crippen LogP contribution < -0.4 is 5.73 Å². The van der Waals surface area contributed by atoms with Crippen LogP contribution >= 0.6 is 0 Å². The third-order valence-corrected chi connectivity index (χ3v) is 3.91. The van der Waals surface area contributed by atoms with E-state index in [1.54, 1.807) is 12.3 Å². The standard InChI is InChI=1S/C20H15N5O/c1-2-13-8-6-7-11-15(13)16-12-22-18(21)17(23-16)20-25-24-19(26-20)14-9-4-3-5-10-14/h2-12H,1H2,(H2,21,22). The number of hydrogen-bond donors (Lipinski definition) is 1. The molecule has 2 aromatic heterocycles. The van der Waals surface area contributed by atoms with Crippen molar-refractivity contribution in [3.8, 4) is 34.3 Å². The first kappa shape index (κ1) is 15.7. The highest BCUT2D eigenvalue weighted by molar-refractivity contribution is 5.75. The molecule has 4 aromatic rings. The third-order valence-electron chi connectivity index (χ3n) is 3.91. The molecule has 4 rings (SSSR count). The second-order valence-electron chi connectivity index (χ2n) is 5.56. The van der Waals surface area contributed by atoms with Crippen molar-refractivity contribution in [2.45, 2.75) is 0 Å². The van der Waals surface area contributed by atoms with Crippen LogP contribution in [-0.4, -0.2) is 20.2 Å². The minimum atomic E-state index is 0.229. The first-order chi connectivity index (χ1) is 12.8. The Kier molecular flexibility index (Phi) is 3.99. The van der Waals surface area contributed by atoms with Crippen molar-refractivity contribution in [3.63, 3.8) is 0 Å². The maximum absolute atomic E-state index is 6.00. The van der Waals surface area contributed by atoms with Crippen LogP contribution in [-0.2, 0) is 0 Å². The molecule has 6 heteroatoms. The summed E-state index contributed by atoms with van der Waals surface area (Å²) in [6.07, 6.45) is 3.39. The summed E-state index contributed by atoms with van der Waals surface area (Å²) in [6, 6.07) is 17.3. The number of aromatic nitrogens is 4. The summed E-state index contributed by atoms with van der Waals surface area (Å²) >= 11 is 0. The molecule has 0 aliphatic rings. The van der Waals surface area contributed by atoms with E-state index in [2.05, 4.69) is 26.7 Å². The average molecular weight is 341 g/mol. The van der Waals surface area contributed by atoms with Crippen molar-refractivity contribution in [1.82, 2.24) is 20.2 Å². The Morgan fingerprint density at radius 3 is 2.46 bits per heavy atom. The van der Waals surface area contributed by atoms with Crippen LogP contribution in [0.4, 0.5) is 5.82 Å². The molecule has 0 saturated carbocycles. The first-order valence-corrected chi connectivity index (χ1v) is 8.00. The van der Waals surface area contributed by atoms with E-state index in [0.29, 0.717) is 17.3 Å². The summed E-state index contributed by atoms with van der Waals surface area (Å²) in [4.78, 5) is 8.84. The molecule has 0 bridgehead atoms. The van der Waals surface area contributed by atoms with Gasteiger partial charge in [-0.05, 0) is 17.7 Å². The Balaban J connectivity index is 1.78. The average Bonchev–Trinajstić information content (AvgIpc) is 3.19. The van der Waals surface area contributed by atoms with E-state index in [0.717, 1.165) is 16.7 Å². The highest BCUT2D eigenvalue weighted by Crippen LogP contribution is 2.29. The molecule has 0 aliphatic carbocycles. The molecule has 0 radical (unpaired) electrons. The zero-order valence-electron chi connectivity index (χ0n) is 13.8. The Bertz CT molecular complexity index is 1070. The van der Waals surface area contributed by atoms with Crippen molar-refractivity contribution >= 4 is 11.9 Å². The van der Waals surface area contributed by atoms with Gasteiger partial charge in [-0.3, -0.25) is 0 Å². The molecule has 0 amide bonds. The van der Waals surface area contributed by atoms with E-state index in [4.69, 9.17) is 10.2 Å². The molecule has 2 N–H and O–H groups in total. The van der Waals surface area contributed by atoms with Gasteiger partial charge in [0.05, 0.1) is 11.9 Å². The van der Waals surface area contributed by atoms with E-state index in [-0.39, 0.29) is 11.7 Å². The third kappa shape index (κ3) is 2.84. The fourth-order valence-electron chi connectivity index (χ4n) is 2.61. The fourth-order valence-corrected chi connectivity index (χ4v) is 2.61. The monoisotopic (exact) mass is 341 g/mol. The lowest BCUT2D eigenvalue weighted by atomic mass is 10.0. The molecule has 0 unspecified atom stereocenters. The second kappa shape index (κ2) is 6.60. The Labute approximate surface area is 150 Å². The number of nitrogens with zero attached hydrogens (tertiary/aromatic N) is 4. The minimum Gasteiger partial charge on any atom is -0.414 e. The summed E-state index contributed by atoms with van der Waals surface area (Å²) in [5.74, 6) is 0.860. The molecule has 0 aliphatic heterocycles. The van der Waals surface area contributed by atoms with Gasteiger partial charge in [-0.1, -0.05) is 55.1 Å². The predicted octanol–water partition coefficient (Wildman–Crippen LogP) is 4.09. The predicted molar refractivity (Wildman–Crippen MR) is 101 cm³/mol. The summed E-state index contributed by atoms with van der Waals surface area (Å²) in [7, 11) is 0. The van der Waals surface area contributed by atoms with Gasteiger partial charge in [0.2, 0.25) is 5.89 Å². The molecular formula is C20H15N5O. The van der Waals surface area contributed by atoms with Crippen molar-refractivity contribution in [2.24, 2.45) is 0 Å². The van der Waals surface area contributed by atoms with Gasteiger partial charge >= 0.3 is 0 Å². The highest BCUT2D eigenvalue weighted by Gasteiger charge is 2.17. The normalized spacial score (nSPS) is 10.6. The minimum absolute atomic E-state index is 0.229. The van der Waals surface area contributed by atoms with Crippen LogP contribution in [0.3, 0.4) is 0 Å². The largest absolute Gasteiger partial charge is 0.414 e. The molecule has 2 aromatic carbocycles. The molecule has 6 nitrogen and oxygen atoms in total. The lowest BCUT2D eigenvalue weighted by Crippen LogP contribution is -1.99. The van der Waals surface area contributed by atoms with E-state index in [9.17, 15) is 0 Å². The Hall–Kier alpha value is -3.80. The van der Waals surface area contributed by atoms with E-state index >= 15 is 0 Å². The van der Waals surface area contributed by atoms with Crippen LogP contribution in [0, 0.1) is 0 Å². The molecule has 26 heavy (non-hydrogen) atoms. The molecule has 0 atom stereocenters. The van der Waals surface area contributed by atoms with E-state index in [1.165, 1.54) is 0 Å². The molecule has 0 spiro atoms. The maximum Gasteiger partial charge on any atom is 0.270 e.